The molecule has 0 aliphatic carbocycles. The Hall–Kier alpha value is -1.34. The molecule has 0 aromatic rings. The minimum absolute atomic E-state index is 0.194. The summed E-state index contributed by atoms with van der Waals surface area (Å²) < 4.78 is 5.17. The number of aliphatic hydroxyl groups is 1. The van der Waals surface area contributed by atoms with Gasteiger partial charge in [-0.25, -0.2) is 9.59 Å². The first kappa shape index (κ1) is 15.7. The summed E-state index contributed by atoms with van der Waals surface area (Å²) in [7, 11) is 0. The number of amides is 2. The summed E-state index contributed by atoms with van der Waals surface area (Å²) in [4.78, 5) is 24.5. The van der Waals surface area contributed by atoms with Gasteiger partial charge in [0.2, 0.25) is 0 Å². The molecule has 0 saturated carbocycles. The third-order valence-electron chi connectivity index (χ3n) is 3.14. The number of ether oxygens (including phenoxy) is 1. The third-order valence-corrected chi connectivity index (χ3v) is 3.14. The summed E-state index contributed by atoms with van der Waals surface area (Å²) >= 11 is 0. The lowest BCUT2D eigenvalue weighted by molar-refractivity contribution is -0.139. The molecule has 0 radical (unpaired) electrons. The number of unbranched alkanes of at least 4 members (excludes halogenated alkanes) is 1. The quantitative estimate of drug-likeness (QED) is 0.635. The van der Waals surface area contributed by atoms with Gasteiger partial charge in [-0.3, -0.25) is 0 Å². The fourth-order valence-electron chi connectivity index (χ4n) is 1.97. The zero-order valence-electron chi connectivity index (χ0n) is 11.2. The number of aliphatic hydroxyl groups excluding tert-OH is 1. The van der Waals surface area contributed by atoms with Crippen LogP contribution in [-0.2, 0) is 9.53 Å². The molecule has 1 fully saturated rings. The van der Waals surface area contributed by atoms with Crippen molar-refractivity contribution in [2.24, 2.45) is 0 Å². The van der Waals surface area contributed by atoms with E-state index in [9.17, 15) is 14.7 Å². The lowest BCUT2D eigenvalue weighted by Crippen LogP contribution is -2.56. The van der Waals surface area contributed by atoms with Gasteiger partial charge in [0.15, 0.2) is 0 Å². The Balaban J connectivity index is 2.56. The van der Waals surface area contributed by atoms with Crippen LogP contribution >= 0.6 is 0 Å². The summed E-state index contributed by atoms with van der Waals surface area (Å²) in [6, 6.07) is -1.74. The number of nitrogens with one attached hydrogen (secondary N) is 1. The lowest BCUT2D eigenvalue weighted by Gasteiger charge is -2.35. The van der Waals surface area contributed by atoms with Gasteiger partial charge in [-0.2, -0.15) is 0 Å². The first-order chi connectivity index (χ1) is 9.10. The molecule has 1 aliphatic heterocycles. The van der Waals surface area contributed by atoms with Crippen LogP contribution in [0.5, 0.6) is 0 Å². The molecule has 2 amide bonds. The van der Waals surface area contributed by atoms with Gasteiger partial charge in [-0.15, -0.1) is 0 Å². The molecule has 7 nitrogen and oxygen atoms in total. The smallest absolute Gasteiger partial charge is 0.326 e. The minimum atomic E-state index is -1.03. The zero-order valence-corrected chi connectivity index (χ0v) is 11.2. The van der Waals surface area contributed by atoms with Crippen molar-refractivity contribution in [3.05, 3.63) is 0 Å². The number of hydrogen-bond acceptors (Lipinski definition) is 4. The van der Waals surface area contributed by atoms with E-state index in [0.29, 0.717) is 19.6 Å². The predicted octanol–water partition coefficient (Wildman–Crippen LogP) is 0.0325. The van der Waals surface area contributed by atoms with Crippen LogP contribution in [0.25, 0.3) is 0 Å². The highest BCUT2D eigenvalue weighted by atomic mass is 16.5. The third kappa shape index (κ3) is 4.68. The van der Waals surface area contributed by atoms with Crippen molar-refractivity contribution in [1.82, 2.24) is 10.2 Å². The molecular formula is C12H22N2O5. The fraction of sp³-hybridized carbons (Fsp3) is 0.833. The first-order valence-electron chi connectivity index (χ1n) is 6.58. The molecule has 2 atom stereocenters. The summed E-state index contributed by atoms with van der Waals surface area (Å²) in [6.45, 7) is 2.80. The Morgan fingerprint density at radius 3 is 2.84 bits per heavy atom. The number of morpholine rings is 1. The van der Waals surface area contributed by atoms with E-state index in [4.69, 9.17) is 9.84 Å². The number of nitrogens with zero attached hydrogens (tertiary/aromatic N) is 1. The molecule has 0 bridgehead atoms. The summed E-state index contributed by atoms with van der Waals surface area (Å²) in [6.07, 6.45) is 2.02. The first-order valence-corrected chi connectivity index (χ1v) is 6.58. The summed E-state index contributed by atoms with van der Waals surface area (Å²) in [5, 5.41) is 20.7. The number of carboxylic acids is 1. The topological polar surface area (TPSA) is 99.1 Å². The predicted molar refractivity (Wildman–Crippen MR) is 67.9 cm³/mol. The maximum absolute atomic E-state index is 12.0. The average molecular weight is 274 g/mol. The van der Waals surface area contributed by atoms with Crippen LogP contribution < -0.4 is 5.32 Å². The van der Waals surface area contributed by atoms with Gasteiger partial charge >= 0.3 is 12.0 Å². The normalized spacial score (nSPS) is 20.9. The molecule has 1 unspecified atom stereocenters. The Morgan fingerprint density at radius 1 is 1.53 bits per heavy atom. The van der Waals surface area contributed by atoms with E-state index in [2.05, 4.69) is 5.32 Å². The standard InChI is InChI=1S/C12H22N2O5/c1-2-3-4-10(11(16)17)13-12(18)14-5-6-19-8-9(14)7-15/h9-10,15H,2-8H2,1H3,(H,13,18)(H,16,17)/t9?,10-/m0/s1. The number of carbonyl (C=O) groups is 2. The number of hydrogen-bond donors (Lipinski definition) is 3. The number of rotatable bonds is 6. The van der Waals surface area contributed by atoms with Crippen molar-refractivity contribution in [1.29, 1.82) is 0 Å². The van der Waals surface area contributed by atoms with E-state index in [1.165, 1.54) is 4.90 Å². The second kappa shape index (κ2) is 7.96. The molecular weight excluding hydrogens is 252 g/mol. The molecule has 7 heteroatoms. The van der Waals surface area contributed by atoms with Crippen LogP contribution in [0, 0.1) is 0 Å². The van der Waals surface area contributed by atoms with Crippen LogP contribution in [0.3, 0.4) is 0 Å². The molecule has 19 heavy (non-hydrogen) atoms. The number of urea groups is 1. The van der Waals surface area contributed by atoms with Gasteiger partial charge in [0.1, 0.15) is 6.04 Å². The molecule has 3 N–H and O–H groups in total. The van der Waals surface area contributed by atoms with E-state index < -0.39 is 24.1 Å². The molecule has 1 heterocycles. The molecule has 1 aliphatic rings. The molecule has 0 spiro atoms. The highest BCUT2D eigenvalue weighted by molar-refractivity contribution is 5.82. The van der Waals surface area contributed by atoms with Crippen LogP contribution in [0.2, 0.25) is 0 Å². The Bertz CT molecular complexity index is 310. The van der Waals surface area contributed by atoms with Crippen LogP contribution in [-0.4, -0.2) is 65.6 Å². The molecule has 0 aromatic carbocycles. The van der Waals surface area contributed by atoms with E-state index in [-0.39, 0.29) is 13.2 Å². The second-order valence-electron chi connectivity index (χ2n) is 4.59. The minimum Gasteiger partial charge on any atom is -0.480 e. The van der Waals surface area contributed by atoms with Crippen molar-refractivity contribution in [3.8, 4) is 0 Å². The second-order valence-corrected chi connectivity index (χ2v) is 4.59. The van der Waals surface area contributed by atoms with Crippen molar-refractivity contribution >= 4 is 12.0 Å². The maximum Gasteiger partial charge on any atom is 0.326 e. The van der Waals surface area contributed by atoms with E-state index in [1.807, 2.05) is 6.92 Å². The van der Waals surface area contributed by atoms with Crippen molar-refractivity contribution < 1.29 is 24.5 Å². The van der Waals surface area contributed by atoms with Gasteiger partial charge in [0.05, 0.1) is 25.9 Å². The van der Waals surface area contributed by atoms with Crippen molar-refractivity contribution in [2.45, 2.75) is 38.3 Å². The Labute approximate surface area is 112 Å². The summed E-state index contributed by atoms with van der Waals surface area (Å²) in [5.74, 6) is -1.03. The lowest BCUT2D eigenvalue weighted by atomic mass is 10.1. The van der Waals surface area contributed by atoms with Crippen molar-refractivity contribution in [3.63, 3.8) is 0 Å². The Morgan fingerprint density at radius 2 is 2.26 bits per heavy atom. The monoisotopic (exact) mass is 274 g/mol. The van der Waals surface area contributed by atoms with Gasteiger partial charge in [-0.1, -0.05) is 19.8 Å². The van der Waals surface area contributed by atoms with E-state index in [1.54, 1.807) is 0 Å². The van der Waals surface area contributed by atoms with Gasteiger partial charge in [-0.05, 0) is 6.42 Å². The fourth-order valence-corrected chi connectivity index (χ4v) is 1.97. The number of aliphatic carboxylic acids is 1. The largest absolute Gasteiger partial charge is 0.480 e. The summed E-state index contributed by atoms with van der Waals surface area (Å²) in [5.41, 5.74) is 0. The maximum atomic E-state index is 12.0. The SMILES string of the molecule is CCCC[C@H](NC(=O)N1CCOCC1CO)C(=O)O. The van der Waals surface area contributed by atoms with Gasteiger partial charge < -0.3 is 25.2 Å². The van der Waals surface area contributed by atoms with E-state index >= 15 is 0 Å². The van der Waals surface area contributed by atoms with Crippen molar-refractivity contribution in [2.75, 3.05) is 26.4 Å². The number of carboxylic acid groups (broad SMARTS) is 1. The van der Waals surface area contributed by atoms with Gasteiger partial charge in [0, 0.05) is 6.54 Å². The molecule has 1 saturated heterocycles. The van der Waals surface area contributed by atoms with Crippen LogP contribution in [0.15, 0.2) is 0 Å². The number of carbonyl (C=O) groups excluding carboxylic acids is 1. The van der Waals surface area contributed by atoms with Crippen LogP contribution in [0.1, 0.15) is 26.2 Å². The Kier molecular flexibility index (Phi) is 6.58. The van der Waals surface area contributed by atoms with E-state index in [0.717, 1.165) is 12.8 Å². The molecule has 0 aromatic heterocycles. The molecule has 1 rings (SSSR count). The highest BCUT2D eigenvalue weighted by Crippen LogP contribution is 2.08. The molecule has 110 valence electrons. The average Bonchev–Trinajstić information content (AvgIpc) is 2.42. The van der Waals surface area contributed by atoms with Gasteiger partial charge in [0.25, 0.3) is 0 Å². The highest BCUT2D eigenvalue weighted by Gasteiger charge is 2.29. The van der Waals surface area contributed by atoms with Crippen LogP contribution in [0.4, 0.5) is 4.79 Å². The zero-order chi connectivity index (χ0) is 14.3.